The molecule has 5 nitrogen and oxygen atoms in total. The Kier molecular flexibility index (Phi) is 8.59. The Bertz CT molecular complexity index is 848. The van der Waals surface area contributed by atoms with Crippen LogP contribution in [0, 0.1) is 0 Å². The summed E-state index contributed by atoms with van der Waals surface area (Å²) in [6, 6.07) is 9.89. The minimum Gasteiger partial charge on any atom is -0.382 e. The van der Waals surface area contributed by atoms with E-state index in [0.29, 0.717) is 49.2 Å². The molecule has 0 spiro atoms. The summed E-state index contributed by atoms with van der Waals surface area (Å²) in [5.74, 6) is -0.321. The molecule has 0 radical (unpaired) electrons. The number of benzene rings is 1. The van der Waals surface area contributed by atoms with Crippen molar-refractivity contribution in [2.75, 3.05) is 13.1 Å². The molecule has 1 aromatic rings. The number of amides is 1. The van der Waals surface area contributed by atoms with Crippen LogP contribution >= 0.6 is 0 Å². The predicted molar refractivity (Wildman–Crippen MR) is 115 cm³/mol. The molecule has 0 atom stereocenters. The average Bonchev–Trinajstić information content (AvgIpc) is 2.71. The number of allylic oxidation sites excluding steroid dienone is 4. The summed E-state index contributed by atoms with van der Waals surface area (Å²) in [6.45, 7) is 6.57. The number of carbonyl (C=O) groups excluding carboxylic acids is 3. The van der Waals surface area contributed by atoms with E-state index in [1.807, 2.05) is 50.3 Å². The number of ketones is 2. The molecule has 2 rings (SSSR count). The van der Waals surface area contributed by atoms with Crippen molar-refractivity contribution in [2.24, 2.45) is 0 Å². The van der Waals surface area contributed by atoms with E-state index in [1.165, 1.54) is 6.08 Å². The molecule has 0 unspecified atom stereocenters. The van der Waals surface area contributed by atoms with E-state index in [2.05, 4.69) is 10.6 Å². The molecule has 5 heteroatoms. The van der Waals surface area contributed by atoms with E-state index in [0.717, 1.165) is 17.6 Å². The molecule has 0 heterocycles. The van der Waals surface area contributed by atoms with Crippen LogP contribution in [0.5, 0.6) is 0 Å². The number of Topliss-reactive ketones (excluding diaryl/α,β-unsaturated/α-hetero) is 1. The van der Waals surface area contributed by atoms with Gasteiger partial charge in [-0.05, 0) is 44.2 Å². The molecule has 2 N–H and O–H groups in total. The van der Waals surface area contributed by atoms with Crippen molar-refractivity contribution >= 4 is 17.5 Å². The first kappa shape index (κ1) is 22.3. The van der Waals surface area contributed by atoms with Gasteiger partial charge in [0.15, 0.2) is 5.78 Å². The van der Waals surface area contributed by atoms with E-state index < -0.39 is 0 Å². The van der Waals surface area contributed by atoms with Crippen LogP contribution in [0.2, 0.25) is 0 Å². The molecule has 1 aromatic carbocycles. The van der Waals surface area contributed by atoms with Gasteiger partial charge in [0.05, 0.1) is 5.70 Å². The number of aryl methyl sites for hydroxylation is 1. The molecule has 0 saturated carbocycles. The summed E-state index contributed by atoms with van der Waals surface area (Å²) >= 11 is 0. The summed E-state index contributed by atoms with van der Waals surface area (Å²) < 4.78 is 0. The highest BCUT2D eigenvalue weighted by atomic mass is 16.2. The maximum atomic E-state index is 12.9. The van der Waals surface area contributed by atoms with Crippen LogP contribution in [0.15, 0.2) is 64.9 Å². The van der Waals surface area contributed by atoms with E-state index >= 15 is 0 Å². The molecule has 154 valence electrons. The van der Waals surface area contributed by atoms with Gasteiger partial charge >= 0.3 is 0 Å². The second-order valence-corrected chi connectivity index (χ2v) is 7.00. The number of likely N-dealkylation sites (N-methyl/N-ethyl adjacent to an activating group) is 1. The van der Waals surface area contributed by atoms with Crippen molar-refractivity contribution in [1.82, 2.24) is 10.6 Å². The van der Waals surface area contributed by atoms with Gasteiger partial charge in [0.2, 0.25) is 11.7 Å². The van der Waals surface area contributed by atoms with E-state index in [9.17, 15) is 14.4 Å². The predicted octanol–water partition coefficient (Wildman–Crippen LogP) is 3.42. The third-order valence-corrected chi connectivity index (χ3v) is 4.83. The van der Waals surface area contributed by atoms with Crippen LogP contribution in [0.4, 0.5) is 0 Å². The summed E-state index contributed by atoms with van der Waals surface area (Å²) in [5.41, 5.74) is 3.21. The molecule has 1 aliphatic rings. The van der Waals surface area contributed by atoms with Gasteiger partial charge in [0, 0.05) is 36.7 Å². The zero-order chi connectivity index (χ0) is 21.2. The van der Waals surface area contributed by atoms with Gasteiger partial charge in [-0.3, -0.25) is 14.4 Å². The normalized spacial score (nSPS) is 14.7. The minimum atomic E-state index is -0.154. The Morgan fingerprint density at radius 3 is 2.45 bits per heavy atom. The first-order valence-corrected chi connectivity index (χ1v) is 10.2. The van der Waals surface area contributed by atoms with Gasteiger partial charge in [-0.25, -0.2) is 0 Å². The third-order valence-electron chi connectivity index (χ3n) is 4.83. The summed E-state index contributed by atoms with van der Waals surface area (Å²) in [4.78, 5) is 37.4. The molecule has 1 aliphatic carbocycles. The van der Waals surface area contributed by atoms with Gasteiger partial charge in [-0.2, -0.15) is 0 Å². The van der Waals surface area contributed by atoms with Crippen LogP contribution in [-0.4, -0.2) is 30.6 Å². The molecule has 29 heavy (non-hydrogen) atoms. The van der Waals surface area contributed by atoms with Crippen LogP contribution in [0.3, 0.4) is 0 Å². The standard InChI is InChI=1S/C24H30N2O3/c1-4-9-19(23-17(3)21(27)16-20(24(23)29)25-5-2)14-15-26-22(28)13-12-18-10-7-6-8-11-18/h6-11,16,25H,4-5,12-15H2,1-3H3,(H,26,28)/b19-9-. The Labute approximate surface area is 173 Å². The highest BCUT2D eigenvalue weighted by molar-refractivity contribution is 6.24. The highest BCUT2D eigenvalue weighted by Crippen LogP contribution is 2.26. The summed E-state index contributed by atoms with van der Waals surface area (Å²) in [7, 11) is 0. The molecule has 0 aromatic heterocycles. The fourth-order valence-corrected chi connectivity index (χ4v) is 3.34. The average molecular weight is 395 g/mol. The Morgan fingerprint density at radius 1 is 1.07 bits per heavy atom. The van der Waals surface area contributed by atoms with Gasteiger partial charge in [0.25, 0.3) is 0 Å². The largest absolute Gasteiger partial charge is 0.382 e. The van der Waals surface area contributed by atoms with Crippen molar-refractivity contribution in [1.29, 1.82) is 0 Å². The molecular weight excluding hydrogens is 364 g/mol. The lowest BCUT2D eigenvalue weighted by molar-refractivity contribution is -0.121. The maximum absolute atomic E-state index is 12.9. The quantitative estimate of drug-likeness (QED) is 0.596. The van der Waals surface area contributed by atoms with E-state index in [4.69, 9.17) is 0 Å². The van der Waals surface area contributed by atoms with Gasteiger partial charge in [-0.15, -0.1) is 0 Å². The summed E-state index contributed by atoms with van der Waals surface area (Å²) in [6.07, 6.45) is 5.71. The van der Waals surface area contributed by atoms with Crippen molar-refractivity contribution < 1.29 is 14.4 Å². The topological polar surface area (TPSA) is 75.3 Å². The van der Waals surface area contributed by atoms with E-state index in [1.54, 1.807) is 6.92 Å². The third kappa shape index (κ3) is 6.28. The van der Waals surface area contributed by atoms with Crippen LogP contribution < -0.4 is 10.6 Å². The monoisotopic (exact) mass is 394 g/mol. The van der Waals surface area contributed by atoms with Crippen LogP contribution in [0.25, 0.3) is 0 Å². The minimum absolute atomic E-state index is 0.0188. The molecule has 1 amide bonds. The number of hydrogen-bond acceptors (Lipinski definition) is 4. The lowest BCUT2D eigenvalue weighted by atomic mass is 9.86. The fourth-order valence-electron chi connectivity index (χ4n) is 3.34. The summed E-state index contributed by atoms with van der Waals surface area (Å²) in [5, 5.41) is 5.91. The Balaban J connectivity index is 1.98. The fraction of sp³-hybridized carbons (Fsp3) is 0.375. The smallest absolute Gasteiger partial charge is 0.220 e. The van der Waals surface area contributed by atoms with Gasteiger partial charge < -0.3 is 10.6 Å². The lowest BCUT2D eigenvalue weighted by Crippen LogP contribution is -2.29. The second-order valence-electron chi connectivity index (χ2n) is 7.00. The number of hydrogen-bond donors (Lipinski definition) is 2. The Hall–Kier alpha value is -2.95. The SMILES string of the molecule is CC/C=C(/CCNC(=O)CCc1ccccc1)C1=C(C)C(=O)C=C(NCC)C1=O. The number of carbonyl (C=O) groups is 3. The Morgan fingerprint density at radius 2 is 1.79 bits per heavy atom. The van der Waals surface area contributed by atoms with Crippen molar-refractivity contribution in [3.8, 4) is 0 Å². The zero-order valence-corrected chi connectivity index (χ0v) is 17.5. The van der Waals surface area contributed by atoms with Gasteiger partial charge in [-0.1, -0.05) is 43.3 Å². The second kappa shape index (κ2) is 11.1. The van der Waals surface area contributed by atoms with Crippen molar-refractivity contribution in [2.45, 2.75) is 46.5 Å². The van der Waals surface area contributed by atoms with Crippen LogP contribution in [-0.2, 0) is 20.8 Å². The van der Waals surface area contributed by atoms with Gasteiger partial charge in [0.1, 0.15) is 0 Å². The van der Waals surface area contributed by atoms with E-state index in [-0.39, 0.29) is 17.5 Å². The number of rotatable bonds is 10. The lowest BCUT2D eigenvalue weighted by Gasteiger charge is -2.20. The number of nitrogens with one attached hydrogen (secondary N) is 2. The molecule has 0 bridgehead atoms. The zero-order valence-electron chi connectivity index (χ0n) is 17.5. The van der Waals surface area contributed by atoms with Crippen molar-refractivity contribution in [3.63, 3.8) is 0 Å². The molecule has 0 saturated heterocycles. The first-order valence-electron chi connectivity index (χ1n) is 10.2. The van der Waals surface area contributed by atoms with Crippen molar-refractivity contribution in [3.05, 3.63) is 70.5 Å². The van der Waals surface area contributed by atoms with Crippen LogP contribution in [0.1, 0.15) is 45.6 Å². The first-order chi connectivity index (χ1) is 14.0. The molecule has 0 fully saturated rings. The highest BCUT2D eigenvalue weighted by Gasteiger charge is 2.27. The maximum Gasteiger partial charge on any atom is 0.220 e. The molecule has 0 aliphatic heterocycles. The molecular formula is C24H30N2O3.